The van der Waals surface area contributed by atoms with Crippen LogP contribution in [0.5, 0.6) is 5.75 Å². The van der Waals surface area contributed by atoms with Crippen molar-refractivity contribution in [3.63, 3.8) is 0 Å². The van der Waals surface area contributed by atoms with Crippen LogP contribution in [0.15, 0.2) is 72.8 Å². The molecule has 0 fully saturated rings. The molecule has 0 saturated heterocycles. The van der Waals surface area contributed by atoms with Gasteiger partial charge < -0.3 is 21.5 Å². The highest BCUT2D eigenvalue weighted by Crippen LogP contribution is 2.34. The van der Waals surface area contributed by atoms with Crippen molar-refractivity contribution in [2.75, 3.05) is 17.7 Å². The van der Waals surface area contributed by atoms with Crippen molar-refractivity contribution in [1.29, 1.82) is 0 Å². The summed E-state index contributed by atoms with van der Waals surface area (Å²) >= 11 is 0.711. The maximum Gasteiger partial charge on any atom is 0.273 e. The highest BCUT2D eigenvalue weighted by molar-refractivity contribution is 7.09. The number of ether oxygens (including phenoxy) is 1. The molecule has 0 aliphatic heterocycles. The molecule has 0 aliphatic carbocycles. The number of halogens is 1. The maximum absolute atomic E-state index is 14.1. The van der Waals surface area contributed by atoms with Crippen molar-refractivity contribution in [2.45, 2.75) is 19.5 Å². The first kappa shape index (κ1) is 27.3. The van der Waals surface area contributed by atoms with E-state index in [0.29, 0.717) is 34.1 Å². The number of anilines is 2. The summed E-state index contributed by atoms with van der Waals surface area (Å²) < 4.78 is 23.0. The number of carbonyl (C=O) groups excluding carboxylic acids is 3. The number of benzene rings is 3. The molecule has 1 heterocycles. The van der Waals surface area contributed by atoms with E-state index in [0.717, 1.165) is 5.56 Å². The predicted octanol–water partition coefficient (Wildman–Crippen LogP) is 3.98. The first-order chi connectivity index (χ1) is 18.7. The number of para-hydroxylation sites is 1. The molecule has 0 unspecified atom stereocenters. The van der Waals surface area contributed by atoms with Crippen LogP contribution in [0.3, 0.4) is 0 Å². The molecule has 0 aliphatic rings. The number of nitrogens with zero attached hydrogens (tertiary/aromatic N) is 2. The SMILES string of the molecule is COc1ccc(CNC(=O)[C@@H](c2ccc(F)cc2)N(C(=O)c2snc(C(N)=O)c2N)c2ccccc2C)cc1. The summed E-state index contributed by atoms with van der Waals surface area (Å²) in [6, 6.07) is 18.2. The fraction of sp³-hybridized carbons (Fsp3) is 0.143. The lowest BCUT2D eigenvalue weighted by Crippen LogP contribution is -2.44. The number of primary amides is 1. The second-order valence-electron chi connectivity index (χ2n) is 8.62. The van der Waals surface area contributed by atoms with E-state index in [2.05, 4.69) is 9.69 Å². The quantitative estimate of drug-likeness (QED) is 0.289. The number of nitrogen functional groups attached to an aromatic ring is 1. The van der Waals surface area contributed by atoms with Crippen LogP contribution in [0, 0.1) is 12.7 Å². The van der Waals surface area contributed by atoms with Gasteiger partial charge >= 0.3 is 0 Å². The molecule has 200 valence electrons. The van der Waals surface area contributed by atoms with Crippen LogP contribution in [-0.2, 0) is 11.3 Å². The van der Waals surface area contributed by atoms with Crippen molar-refractivity contribution in [3.05, 3.63) is 106 Å². The second-order valence-corrected chi connectivity index (χ2v) is 9.39. The number of rotatable bonds is 9. The van der Waals surface area contributed by atoms with E-state index in [1.807, 2.05) is 0 Å². The average Bonchev–Trinajstić information content (AvgIpc) is 3.33. The molecule has 1 atom stereocenters. The van der Waals surface area contributed by atoms with Crippen LogP contribution in [0.2, 0.25) is 0 Å². The van der Waals surface area contributed by atoms with Crippen LogP contribution in [0.1, 0.15) is 42.9 Å². The van der Waals surface area contributed by atoms with Crippen LogP contribution in [-0.4, -0.2) is 29.2 Å². The van der Waals surface area contributed by atoms with Gasteiger partial charge in [-0.2, -0.15) is 4.37 Å². The van der Waals surface area contributed by atoms with E-state index < -0.39 is 29.6 Å². The number of hydrogen-bond acceptors (Lipinski definition) is 7. The third kappa shape index (κ3) is 5.88. The van der Waals surface area contributed by atoms with Gasteiger partial charge in [0, 0.05) is 12.2 Å². The van der Waals surface area contributed by atoms with Crippen molar-refractivity contribution in [1.82, 2.24) is 9.69 Å². The van der Waals surface area contributed by atoms with Crippen molar-refractivity contribution in [3.8, 4) is 5.75 Å². The first-order valence-electron chi connectivity index (χ1n) is 11.8. The molecule has 11 heteroatoms. The Labute approximate surface area is 228 Å². The lowest BCUT2D eigenvalue weighted by molar-refractivity contribution is -0.122. The van der Waals surface area contributed by atoms with E-state index in [-0.39, 0.29) is 22.8 Å². The lowest BCUT2D eigenvalue weighted by Gasteiger charge is -2.32. The van der Waals surface area contributed by atoms with Gasteiger partial charge in [-0.15, -0.1) is 0 Å². The monoisotopic (exact) mass is 547 g/mol. The molecule has 4 rings (SSSR count). The minimum atomic E-state index is -1.23. The van der Waals surface area contributed by atoms with Gasteiger partial charge in [-0.25, -0.2) is 4.39 Å². The highest BCUT2D eigenvalue weighted by atomic mass is 32.1. The van der Waals surface area contributed by atoms with Crippen LogP contribution in [0.4, 0.5) is 15.8 Å². The summed E-state index contributed by atoms with van der Waals surface area (Å²) in [6.07, 6.45) is 0. The zero-order valence-corrected chi connectivity index (χ0v) is 22.0. The van der Waals surface area contributed by atoms with Gasteiger partial charge in [-0.3, -0.25) is 19.3 Å². The van der Waals surface area contributed by atoms with E-state index in [1.54, 1.807) is 62.6 Å². The summed E-state index contributed by atoms with van der Waals surface area (Å²) in [4.78, 5) is 40.9. The third-order valence-electron chi connectivity index (χ3n) is 6.07. The molecular formula is C28H26FN5O4S. The Morgan fingerprint density at radius 1 is 1.05 bits per heavy atom. The summed E-state index contributed by atoms with van der Waals surface area (Å²) in [5.41, 5.74) is 13.3. The zero-order valence-electron chi connectivity index (χ0n) is 21.2. The Morgan fingerprint density at radius 3 is 2.31 bits per heavy atom. The number of nitrogens with one attached hydrogen (secondary N) is 1. The minimum absolute atomic E-state index is 0.0536. The number of aryl methyl sites for hydroxylation is 1. The van der Waals surface area contributed by atoms with Gasteiger partial charge in [-0.05, 0) is 65.5 Å². The molecule has 39 heavy (non-hydrogen) atoms. The summed E-state index contributed by atoms with van der Waals surface area (Å²) in [7, 11) is 1.56. The zero-order chi connectivity index (χ0) is 28.1. The Morgan fingerprint density at radius 2 is 1.72 bits per heavy atom. The molecule has 9 nitrogen and oxygen atoms in total. The number of aromatic nitrogens is 1. The van der Waals surface area contributed by atoms with Crippen LogP contribution < -0.4 is 26.4 Å². The molecule has 4 aromatic rings. The number of nitrogens with two attached hydrogens (primary N) is 2. The molecule has 0 bridgehead atoms. The number of carbonyl (C=O) groups is 3. The van der Waals surface area contributed by atoms with E-state index in [4.69, 9.17) is 16.2 Å². The third-order valence-corrected chi connectivity index (χ3v) is 6.92. The van der Waals surface area contributed by atoms with Gasteiger partial charge in [0.1, 0.15) is 22.5 Å². The van der Waals surface area contributed by atoms with Gasteiger partial charge in [0.25, 0.3) is 11.8 Å². The average molecular weight is 548 g/mol. The van der Waals surface area contributed by atoms with E-state index in [1.165, 1.54) is 29.2 Å². The summed E-state index contributed by atoms with van der Waals surface area (Å²) in [5, 5.41) is 2.88. The fourth-order valence-electron chi connectivity index (χ4n) is 4.03. The second kappa shape index (κ2) is 11.7. The minimum Gasteiger partial charge on any atom is -0.497 e. The van der Waals surface area contributed by atoms with Crippen molar-refractivity contribution < 1.29 is 23.5 Å². The predicted molar refractivity (Wildman–Crippen MR) is 147 cm³/mol. The van der Waals surface area contributed by atoms with Gasteiger partial charge in [0.15, 0.2) is 5.69 Å². The molecule has 0 saturated carbocycles. The molecule has 1 aromatic heterocycles. The molecule has 0 radical (unpaired) electrons. The Balaban J connectivity index is 1.80. The van der Waals surface area contributed by atoms with Crippen molar-refractivity contribution in [2.24, 2.45) is 5.73 Å². The molecule has 5 N–H and O–H groups in total. The number of hydrogen-bond donors (Lipinski definition) is 3. The van der Waals surface area contributed by atoms with Crippen LogP contribution >= 0.6 is 11.5 Å². The van der Waals surface area contributed by atoms with Gasteiger partial charge in [-0.1, -0.05) is 42.5 Å². The number of methoxy groups -OCH3 is 1. The van der Waals surface area contributed by atoms with Gasteiger partial charge in [0.05, 0.1) is 12.8 Å². The topological polar surface area (TPSA) is 141 Å². The molecule has 3 aromatic carbocycles. The van der Waals surface area contributed by atoms with Gasteiger partial charge in [0.2, 0.25) is 5.91 Å². The fourth-order valence-corrected chi connectivity index (χ4v) is 4.77. The highest BCUT2D eigenvalue weighted by Gasteiger charge is 2.36. The Kier molecular flexibility index (Phi) is 8.21. The van der Waals surface area contributed by atoms with Crippen molar-refractivity contribution >= 4 is 40.6 Å². The molecular weight excluding hydrogens is 521 g/mol. The molecule has 0 spiro atoms. The van der Waals surface area contributed by atoms with E-state index in [9.17, 15) is 18.8 Å². The molecule has 3 amide bonds. The Hall–Kier alpha value is -4.77. The lowest BCUT2D eigenvalue weighted by atomic mass is 10.0. The largest absolute Gasteiger partial charge is 0.497 e. The smallest absolute Gasteiger partial charge is 0.273 e. The van der Waals surface area contributed by atoms with E-state index >= 15 is 0 Å². The number of amides is 3. The normalized spacial score (nSPS) is 11.5. The summed E-state index contributed by atoms with van der Waals surface area (Å²) in [5.74, 6) is -1.89. The summed E-state index contributed by atoms with van der Waals surface area (Å²) in [6.45, 7) is 1.95. The Bertz CT molecular complexity index is 1510. The van der Waals surface area contributed by atoms with Crippen LogP contribution in [0.25, 0.3) is 0 Å². The maximum atomic E-state index is 14.1. The first-order valence-corrected chi connectivity index (χ1v) is 12.6. The standard InChI is InChI=1S/C28H26FN5O4S/c1-16-5-3-4-6-21(16)34(28(37)25-22(30)23(26(31)35)33-39-25)24(18-9-11-19(29)12-10-18)27(36)32-15-17-7-13-20(38-2)14-8-17/h3-14,24H,15,30H2,1-2H3,(H2,31,35)(H,32,36)/t24-/m1/s1.